The molecule has 0 aliphatic rings. The smallest absolute Gasteiger partial charge is 0.257 e. The monoisotopic (exact) mass is 280 g/mol. The maximum absolute atomic E-state index is 12.4. The maximum Gasteiger partial charge on any atom is 0.257 e. The fourth-order valence-electron chi connectivity index (χ4n) is 1.87. The fraction of sp³-hybridized carbons (Fsp3) is 0.600. The molecule has 1 N–H and O–H groups in total. The summed E-state index contributed by atoms with van der Waals surface area (Å²) >= 11 is 0. The fourth-order valence-corrected chi connectivity index (χ4v) is 1.87. The van der Waals surface area contributed by atoms with Crippen LogP contribution in [0.15, 0.2) is 23.0 Å². The lowest BCUT2D eigenvalue weighted by molar-refractivity contribution is -0.121. The molecule has 0 aliphatic heterocycles. The van der Waals surface area contributed by atoms with Crippen molar-refractivity contribution in [3.8, 4) is 0 Å². The molecule has 1 unspecified atom stereocenters. The molecule has 5 heteroatoms. The van der Waals surface area contributed by atoms with Crippen molar-refractivity contribution in [2.75, 3.05) is 13.1 Å². The second-order valence-corrected chi connectivity index (χ2v) is 4.87. The maximum atomic E-state index is 12.4. The molecule has 5 nitrogen and oxygen atoms in total. The summed E-state index contributed by atoms with van der Waals surface area (Å²) in [6.45, 7) is 7.12. The molecule has 0 aliphatic carbocycles. The van der Waals surface area contributed by atoms with Crippen LogP contribution in [0.3, 0.4) is 0 Å². The summed E-state index contributed by atoms with van der Waals surface area (Å²) in [4.78, 5) is 25.8. The molecular formula is C15H24N2O3. The molecule has 0 spiro atoms. The molecular weight excluding hydrogens is 256 g/mol. The van der Waals surface area contributed by atoms with Crippen LogP contribution in [-0.2, 0) is 4.79 Å². The van der Waals surface area contributed by atoms with Gasteiger partial charge in [0.25, 0.3) is 5.91 Å². The normalized spacial score (nSPS) is 11.9. The van der Waals surface area contributed by atoms with Crippen molar-refractivity contribution in [3.05, 3.63) is 24.2 Å². The average molecular weight is 280 g/mol. The van der Waals surface area contributed by atoms with E-state index in [1.54, 1.807) is 11.0 Å². The van der Waals surface area contributed by atoms with Gasteiger partial charge in [-0.15, -0.1) is 0 Å². The second-order valence-electron chi connectivity index (χ2n) is 4.87. The summed E-state index contributed by atoms with van der Waals surface area (Å²) in [7, 11) is 0. The molecule has 112 valence electrons. The lowest BCUT2D eigenvalue weighted by Gasteiger charge is -2.28. The number of rotatable bonds is 8. The summed E-state index contributed by atoms with van der Waals surface area (Å²) < 4.78 is 4.95. The van der Waals surface area contributed by atoms with Crippen LogP contribution < -0.4 is 5.32 Å². The van der Waals surface area contributed by atoms with E-state index in [0.29, 0.717) is 25.1 Å². The molecule has 0 aromatic carbocycles. The van der Waals surface area contributed by atoms with E-state index in [2.05, 4.69) is 5.32 Å². The lowest BCUT2D eigenvalue weighted by Crippen LogP contribution is -2.40. The van der Waals surface area contributed by atoms with E-state index in [9.17, 15) is 9.59 Å². The Hall–Kier alpha value is -1.78. The van der Waals surface area contributed by atoms with Crippen LogP contribution in [0.5, 0.6) is 0 Å². The van der Waals surface area contributed by atoms with Crippen LogP contribution in [0.2, 0.25) is 0 Å². The molecule has 1 atom stereocenters. The summed E-state index contributed by atoms with van der Waals surface area (Å²) in [6, 6.07) is 1.74. The zero-order chi connectivity index (χ0) is 15.0. The van der Waals surface area contributed by atoms with Gasteiger partial charge in [-0.1, -0.05) is 13.8 Å². The first kappa shape index (κ1) is 16.3. The first-order valence-corrected chi connectivity index (χ1v) is 7.20. The van der Waals surface area contributed by atoms with Crippen LogP contribution in [0, 0.1) is 0 Å². The van der Waals surface area contributed by atoms with Crippen LogP contribution in [0.4, 0.5) is 0 Å². The van der Waals surface area contributed by atoms with Crippen molar-refractivity contribution in [1.82, 2.24) is 10.2 Å². The van der Waals surface area contributed by atoms with Crippen LogP contribution in [0.1, 0.15) is 50.4 Å². The summed E-state index contributed by atoms with van der Waals surface area (Å²) in [6.07, 6.45) is 5.01. The van der Waals surface area contributed by atoms with Crippen molar-refractivity contribution < 1.29 is 14.0 Å². The number of nitrogens with zero attached hydrogens (tertiary/aromatic N) is 1. The van der Waals surface area contributed by atoms with Gasteiger partial charge in [0, 0.05) is 25.6 Å². The van der Waals surface area contributed by atoms with Gasteiger partial charge in [0.15, 0.2) is 0 Å². The largest absolute Gasteiger partial charge is 0.472 e. The minimum Gasteiger partial charge on any atom is -0.472 e. The Bertz CT molecular complexity index is 415. The number of hydrogen-bond donors (Lipinski definition) is 1. The molecule has 20 heavy (non-hydrogen) atoms. The van der Waals surface area contributed by atoms with Crippen LogP contribution in [-0.4, -0.2) is 35.8 Å². The molecule has 1 heterocycles. The van der Waals surface area contributed by atoms with E-state index in [0.717, 1.165) is 12.8 Å². The lowest BCUT2D eigenvalue weighted by atomic mass is 10.1. The van der Waals surface area contributed by atoms with Crippen molar-refractivity contribution in [2.45, 2.75) is 46.1 Å². The molecule has 1 aromatic heterocycles. The van der Waals surface area contributed by atoms with Gasteiger partial charge in [0.1, 0.15) is 6.26 Å². The van der Waals surface area contributed by atoms with Gasteiger partial charge in [0.2, 0.25) is 5.91 Å². The predicted octanol–water partition coefficient (Wildman–Crippen LogP) is 2.44. The van der Waals surface area contributed by atoms with Gasteiger partial charge in [0.05, 0.1) is 11.8 Å². The number of furan rings is 1. The number of amides is 2. The van der Waals surface area contributed by atoms with E-state index < -0.39 is 0 Å². The van der Waals surface area contributed by atoms with Crippen LogP contribution in [0.25, 0.3) is 0 Å². The van der Waals surface area contributed by atoms with Gasteiger partial charge in [-0.3, -0.25) is 9.59 Å². The zero-order valence-electron chi connectivity index (χ0n) is 12.5. The minimum absolute atomic E-state index is 0.0138. The topological polar surface area (TPSA) is 62.6 Å². The van der Waals surface area contributed by atoms with E-state index in [4.69, 9.17) is 4.42 Å². The van der Waals surface area contributed by atoms with Gasteiger partial charge in [-0.05, 0) is 25.8 Å². The standard InChI is InChI=1S/C15H24N2O3/c1-4-8-16-14(18)6-9-17(12(3)5-2)15(19)13-7-10-20-11-13/h7,10-12H,4-6,8-9H2,1-3H3,(H,16,18). The quantitative estimate of drug-likeness (QED) is 0.795. The Morgan fingerprint density at radius 1 is 1.40 bits per heavy atom. The molecule has 0 fully saturated rings. The third-order valence-electron chi connectivity index (χ3n) is 3.30. The number of carbonyl (C=O) groups excluding carboxylic acids is 2. The van der Waals surface area contributed by atoms with E-state index in [1.807, 2.05) is 20.8 Å². The first-order valence-electron chi connectivity index (χ1n) is 7.20. The van der Waals surface area contributed by atoms with Crippen molar-refractivity contribution in [2.24, 2.45) is 0 Å². The SMILES string of the molecule is CCCNC(=O)CCN(C(=O)c1ccoc1)C(C)CC. The molecule has 0 saturated carbocycles. The van der Waals surface area contributed by atoms with Gasteiger partial charge in [-0.25, -0.2) is 0 Å². The highest BCUT2D eigenvalue weighted by Crippen LogP contribution is 2.12. The Morgan fingerprint density at radius 2 is 2.15 bits per heavy atom. The number of nitrogens with one attached hydrogen (secondary N) is 1. The van der Waals surface area contributed by atoms with Gasteiger partial charge >= 0.3 is 0 Å². The van der Waals surface area contributed by atoms with Crippen molar-refractivity contribution >= 4 is 11.8 Å². The van der Waals surface area contributed by atoms with Crippen LogP contribution >= 0.6 is 0 Å². The summed E-state index contributed by atoms with van der Waals surface area (Å²) in [5, 5.41) is 2.82. The van der Waals surface area contributed by atoms with Gasteiger partial charge < -0.3 is 14.6 Å². The Balaban J connectivity index is 2.61. The highest BCUT2D eigenvalue weighted by molar-refractivity contribution is 5.94. The van der Waals surface area contributed by atoms with Crippen molar-refractivity contribution in [1.29, 1.82) is 0 Å². The van der Waals surface area contributed by atoms with E-state index in [1.165, 1.54) is 12.5 Å². The summed E-state index contributed by atoms with van der Waals surface area (Å²) in [5.41, 5.74) is 0.527. The molecule has 0 radical (unpaired) electrons. The molecule has 2 amide bonds. The third-order valence-corrected chi connectivity index (χ3v) is 3.30. The second kappa shape index (κ2) is 8.40. The van der Waals surface area contributed by atoms with Gasteiger partial charge in [-0.2, -0.15) is 0 Å². The predicted molar refractivity (Wildman–Crippen MR) is 77.4 cm³/mol. The molecule has 1 rings (SSSR count). The van der Waals surface area contributed by atoms with E-state index >= 15 is 0 Å². The third kappa shape index (κ3) is 4.72. The Morgan fingerprint density at radius 3 is 2.70 bits per heavy atom. The highest BCUT2D eigenvalue weighted by atomic mass is 16.3. The highest BCUT2D eigenvalue weighted by Gasteiger charge is 2.21. The molecule has 1 aromatic rings. The minimum atomic E-state index is -0.0867. The number of carbonyl (C=O) groups is 2. The first-order chi connectivity index (χ1) is 9.60. The summed E-state index contributed by atoms with van der Waals surface area (Å²) in [5.74, 6) is -0.100. The zero-order valence-corrected chi connectivity index (χ0v) is 12.5. The molecule has 0 bridgehead atoms. The van der Waals surface area contributed by atoms with E-state index in [-0.39, 0.29) is 17.9 Å². The Labute approximate surface area is 120 Å². The average Bonchev–Trinajstić information content (AvgIpc) is 2.98. The molecule has 0 saturated heterocycles. The van der Waals surface area contributed by atoms with Crippen molar-refractivity contribution in [3.63, 3.8) is 0 Å². The Kier molecular flexibility index (Phi) is 6.84. The number of hydrogen-bond acceptors (Lipinski definition) is 3.